The fraction of sp³-hybridized carbons (Fsp3) is 0.163. The molecule has 0 unspecified atom stereocenters. The zero-order chi connectivity index (χ0) is 105. The van der Waals surface area contributed by atoms with Crippen LogP contribution in [0.25, 0.3) is 73.5 Å². The van der Waals surface area contributed by atoms with E-state index in [1.165, 1.54) is 120 Å². The van der Waals surface area contributed by atoms with Crippen LogP contribution in [0.15, 0.2) is 161 Å². The van der Waals surface area contributed by atoms with Gasteiger partial charge in [-0.3, -0.25) is 0 Å². The Labute approximate surface area is 828 Å². The number of nitrogens with two attached hydrogens (primary N) is 4. The maximum absolute atomic E-state index is 14.5. The highest BCUT2D eigenvalue weighted by atomic mass is 127. The Kier molecular flexibility index (Phi) is 34.1. The van der Waals surface area contributed by atoms with Crippen LogP contribution in [0.1, 0.15) is 139 Å². The number of oxime groups is 2. The lowest BCUT2D eigenvalue weighted by Gasteiger charge is -2.12. The average Bonchev–Trinajstić information content (AvgIpc) is 1.61. The standard InChI is InChI=1S/C17H17FN4O2S.C17H14FN3OS.C15H17FN4O2.C15H14FN3O.C12H11FN4O.C11H7FIN3O.C11H9FN4O/c1-8-7-25-10(3)14(8)16-15(17(19)21-24)9(2)20-22(16)13-5-4-11(23)6-12(13)18;1-9-8-23-11(3)16(9)17-13(7-19)10(2)20-21(17)15-5-4-12(22)6-14(15)18;1-4-8(2)14-13(15(17)19-22)9(3)18-20(14)12-6-5-10(21)7-11(12)16;1-4-9(2)15-12(8-17)10(3)18-19(15)14-6-5-11(20)7-13(14)16;1-7-9(6-14)12(15)17(16-7)11-4-3-8(18-2)5-10(11)13;1-6-8(5-14)11(13)16(15-6)10-3-2-7(17)4-9(10)12;1-6-8(5-13)11(14)16(15-6)10-3-2-7(17)4-9(10)12/h4-7,23-24H,1-3H3,(H2,19,21);4-6,8,22H,1-3H3;4-7,21-22H,1-3H3,(H2,17,19);4-7,20H,1-3H3;3-5H,15H2,1-2H3;2-4,17H,1H3;2-4,17H,14H2,1H3/b;;8-4-;9-4-;;;. The Morgan fingerprint density at radius 1 is 0.373 bits per heavy atom. The molecule has 0 spiro atoms. The van der Waals surface area contributed by atoms with Gasteiger partial charge in [0.05, 0.1) is 80.9 Å². The van der Waals surface area contributed by atoms with E-state index >= 15 is 0 Å². The molecule has 16 rings (SSSR count). The third-order valence-corrected chi connectivity index (χ3v) is 24.5. The Hall–Kier alpha value is -17.7. The zero-order valence-electron chi connectivity index (χ0n) is 78.5. The van der Waals surface area contributed by atoms with Gasteiger partial charge in [0.1, 0.15) is 154 Å². The third kappa shape index (κ3) is 22.4. The zero-order valence-corrected chi connectivity index (χ0v) is 82.3. The van der Waals surface area contributed by atoms with Gasteiger partial charge in [-0.2, -0.15) is 62.0 Å². The van der Waals surface area contributed by atoms with Gasteiger partial charge < -0.3 is 68.7 Å². The second-order valence-corrected chi connectivity index (χ2v) is 34.1. The number of nitrogens with zero attached hydrogens (tertiary/aromatic N) is 21. The highest BCUT2D eigenvalue weighted by Crippen LogP contribution is 2.41. The van der Waals surface area contributed by atoms with E-state index in [2.05, 4.69) is 58.1 Å². The van der Waals surface area contributed by atoms with Gasteiger partial charge in [-0.05, 0) is 244 Å². The number of phenolic OH excluding ortho intramolecular Hbond substituents is 6. The maximum Gasteiger partial charge on any atom is 0.174 e. The molecule has 0 atom stereocenters. The van der Waals surface area contributed by atoms with Gasteiger partial charge in [-0.15, -0.1) is 22.7 Å². The number of aromatic nitrogens is 14. The average molecular weight is 2080 g/mol. The van der Waals surface area contributed by atoms with E-state index in [1.807, 2.05) is 119 Å². The van der Waals surface area contributed by atoms with Crippen molar-refractivity contribution < 1.29 is 76.5 Å². The Morgan fingerprint density at radius 3 is 0.986 bits per heavy atom. The number of methoxy groups -OCH3 is 1. The van der Waals surface area contributed by atoms with Gasteiger partial charge in [-0.1, -0.05) is 22.5 Å². The van der Waals surface area contributed by atoms with Crippen LogP contribution in [0.2, 0.25) is 0 Å². The molecule has 0 amide bonds. The largest absolute Gasteiger partial charge is 0.508 e. The molecule has 0 saturated carbocycles. The molecule has 34 nitrogen and oxygen atoms in total. The van der Waals surface area contributed by atoms with E-state index in [9.17, 15) is 61.7 Å². The molecule has 0 aliphatic rings. The number of aromatic hydroxyl groups is 6. The molecule has 0 radical (unpaired) electrons. The molecule has 16 N–H and O–H groups in total. The number of nitriles is 5. The van der Waals surface area contributed by atoms with E-state index in [0.717, 1.165) is 84.2 Å². The second kappa shape index (κ2) is 45.5. The number of phenols is 6. The van der Waals surface area contributed by atoms with Crippen LogP contribution in [-0.4, -0.2) is 128 Å². The number of hydrogen-bond acceptors (Lipinski definition) is 27. The Morgan fingerprint density at radius 2 is 0.648 bits per heavy atom. The van der Waals surface area contributed by atoms with Crippen molar-refractivity contribution in [3.05, 3.63) is 306 Å². The van der Waals surface area contributed by atoms with Crippen LogP contribution in [0.3, 0.4) is 0 Å². The van der Waals surface area contributed by atoms with Crippen LogP contribution < -0.4 is 27.7 Å². The van der Waals surface area contributed by atoms with E-state index in [0.29, 0.717) is 99.9 Å². The monoisotopic (exact) mass is 2080 g/mol. The summed E-state index contributed by atoms with van der Waals surface area (Å²) < 4.78 is 113. The summed E-state index contributed by atoms with van der Waals surface area (Å²) in [6, 6.07) is 37.3. The molecular weight excluding hydrogens is 2000 g/mol. The van der Waals surface area contributed by atoms with Crippen molar-refractivity contribution in [1.29, 1.82) is 26.3 Å². The van der Waals surface area contributed by atoms with Gasteiger partial charge in [0.15, 0.2) is 52.4 Å². The predicted molar refractivity (Wildman–Crippen MR) is 529 cm³/mol. The Balaban J connectivity index is 0.000000171. The number of benzene rings is 7. The summed E-state index contributed by atoms with van der Waals surface area (Å²) in [7, 11) is 1.45. The summed E-state index contributed by atoms with van der Waals surface area (Å²) in [5, 5.41) is 159. The van der Waals surface area contributed by atoms with Crippen molar-refractivity contribution in [2.45, 2.75) is 104 Å². The van der Waals surface area contributed by atoms with E-state index < -0.39 is 40.7 Å². The number of hydrogen-bond donors (Lipinski definition) is 12. The minimum atomic E-state index is -0.663. The van der Waals surface area contributed by atoms with Gasteiger partial charge >= 0.3 is 0 Å². The van der Waals surface area contributed by atoms with Crippen molar-refractivity contribution >= 4 is 79.7 Å². The summed E-state index contributed by atoms with van der Waals surface area (Å²) in [4.78, 5) is 2.05. The van der Waals surface area contributed by atoms with Crippen LogP contribution in [0.4, 0.5) is 42.4 Å². The normalized spacial score (nSPS) is 11.1. The molecule has 0 aliphatic heterocycles. The van der Waals surface area contributed by atoms with Crippen LogP contribution in [0.5, 0.6) is 40.2 Å². The number of anilines is 2. The van der Waals surface area contributed by atoms with Crippen molar-refractivity contribution in [2.24, 2.45) is 21.8 Å². The lowest BCUT2D eigenvalue weighted by molar-refractivity contribution is 0.318. The van der Waals surface area contributed by atoms with Crippen molar-refractivity contribution in [2.75, 3.05) is 18.6 Å². The van der Waals surface area contributed by atoms with Crippen LogP contribution in [0, 0.1) is 177 Å². The first-order valence-corrected chi connectivity index (χ1v) is 44.6. The molecule has 0 fully saturated rings. The van der Waals surface area contributed by atoms with Crippen molar-refractivity contribution in [1.82, 2.24) is 68.5 Å². The maximum atomic E-state index is 14.5. The fourth-order valence-corrected chi connectivity index (χ4v) is 17.0. The number of nitrogen functional groups attached to an aromatic ring is 2. The molecule has 728 valence electrons. The molecule has 9 heterocycles. The minimum absolute atomic E-state index is 0.0783. The third-order valence-electron chi connectivity index (χ3n) is 21.5. The number of aryl methyl sites for hydroxylation is 11. The topological polar surface area (TPSA) is 544 Å². The first kappa shape index (κ1) is 106. The molecule has 142 heavy (non-hydrogen) atoms. The molecule has 44 heteroatoms. The number of thiophene rings is 2. The number of allylic oxidation sites excluding steroid dienone is 4. The first-order chi connectivity index (χ1) is 67.3. The van der Waals surface area contributed by atoms with Crippen LogP contribution >= 0.6 is 45.3 Å². The van der Waals surface area contributed by atoms with Gasteiger partial charge in [0.25, 0.3) is 0 Å². The smallest absolute Gasteiger partial charge is 0.174 e. The molecule has 16 aromatic rings. The van der Waals surface area contributed by atoms with Gasteiger partial charge in [-0.25, -0.2) is 63.5 Å². The lowest BCUT2D eigenvalue weighted by atomic mass is 10.0. The second-order valence-electron chi connectivity index (χ2n) is 30.9. The summed E-state index contributed by atoms with van der Waals surface area (Å²) in [5.74, 6) is -4.79. The van der Waals surface area contributed by atoms with E-state index in [1.54, 1.807) is 77.2 Å². The first-order valence-electron chi connectivity index (χ1n) is 41.8. The van der Waals surface area contributed by atoms with Gasteiger partial charge in [0.2, 0.25) is 0 Å². The minimum Gasteiger partial charge on any atom is -0.508 e. The summed E-state index contributed by atoms with van der Waals surface area (Å²) >= 11 is 5.08. The SMILES string of the molecule is C/C=C(/C)c1c(/C(N)=N/O)c(C)nn1-c1ccc(O)cc1F.C/C=C(/C)c1c(C#N)c(C)nn1-c1ccc(O)cc1F.COc1ccc(-n2nc(C)c(C#N)c2N)c(F)c1.Cc1csc(C)c1-c1c(/C(N)=N/O)c(C)nn1-c1ccc(O)cc1F.Cc1csc(C)c1-c1c(C#N)c(C)nn1-c1ccc(O)cc1F.Cc1nn(-c2ccc(O)cc2F)c(I)c1C#N.Cc1nn(-c2ccc(O)cc2F)c(N)c1C#N. The molecular formula is C98H89F7IN25O9S2. The van der Waals surface area contributed by atoms with E-state index in [-0.39, 0.29) is 109 Å². The summed E-state index contributed by atoms with van der Waals surface area (Å²) in [5.41, 5.74) is 38.0. The van der Waals surface area contributed by atoms with Crippen molar-refractivity contribution in [3.63, 3.8) is 0 Å². The summed E-state index contributed by atoms with van der Waals surface area (Å²) in [6.45, 7) is 26.9. The van der Waals surface area contributed by atoms with E-state index in [4.69, 9.17) is 64.1 Å². The summed E-state index contributed by atoms with van der Waals surface area (Å²) in [6.07, 6.45) is 3.66. The number of halogens is 8. The predicted octanol–water partition coefficient (Wildman–Crippen LogP) is 19.3. The number of ether oxygens (including phenoxy) is 1. The highest BCUT2D eigenvalue weighted by molar-refractivity contribution is 14.1. The fourth-order valence-electron chi connectivity index (χ4n) is 14.4. The Bertz CT molecular complexity index is 7760. The highest BCUT2D eigenvalue weighted by Gasteiger charge is 2.30. The van der Waals surface area contributed by atoms with Crippen LogP contribution in [-0.2, 0) is 0 Å². The molecule has 0 aliphatic carbocycles. The lowest BCUT2D eigenvalue weighted by Crippen LogP contribution is -2.16. The van der Waals surface area contributed by atoms with Crippen molar-refractivity contribution in [3.8, 4) is 133 Å². The molecule has 7 aromatic carbocycles. The molecule has 0 saturated heterocycles. The molecule has 9 aromatic heterocycles. The number of rotatable bonds is 14. The molecule has 0 bridgehead atoms. The quantitative estimate of drug-likeness (QED) is 0.0120. The number of amidine groups is 2. The van der Waals surface area contributed by atoms with Gasteiger partial charge in [0, 0.05) is 63.3 Å².